The number of likely N-dealkylation sites (N-methyl/N-ethyl adjacent to an activating group) is 1. The van der Waals surface area contributed by atoms with Crippen molar-refractivity contribution in [1.82, 2.24) is 0 Å². The maximum atomic E-state index is 8.84. The maximum absolute atomic E-state index is 8.84. The fourth-order valence-corrected chi connectivity index (χ4v) is 4.73. The van der Waals surface area contributed by atoms with Crippen LogP contribution in [0.15, 0.2) is 48.5 Å². The summed E-state index contributed by atoms with van der Waals surface area (Å²) in [4.78, 5) is 0. The molecule has 210 valence electrons. The molecule has 0 spiro atoms. The number of rotatable bonds is 16. The number of hydrogen-bond acceptors (Lipinski definition) is 4. The molecular formula is C31H50BrNO4. The van der Waals surface area contributed by atoms with E-state index in [1.807, 2.05) is 12.1 Å². The summed E-state index contributed by atoms with van der Waals surface area (Å²) in [5.41, 5.74) is 3.06. The summed E-state index contributed by atoms with van der Waals surface area (Å²) in [6.45, 7) is 16.1. The molecule has 0 amide bonds. The summed E-state index contributed by atoms with van der Waals surface area (Å²) in [5.74, 6) is 1.78. The lowest BCUT2D eigenvalue weighted by Crippen LogP contribution is -3.00. The van der Waals surface area contributed by atoms with Gasteiger partial charge in [-0.05, 0) is 72.1 Å². The van der Waals surface area contributed by atoms with E-state index in [-0.39, 0.29) is 29.0 Å². The van der Waals surface area contributed by atoms with Crippen LogP contribution in [0.4, 0.5) is 0 Å². The van der Waals surface area contributed by atoms with Gasteiger partial charge in [0.15, 0.2) is 0 Å². The molecule has 0 saturated heterocycles. The van der Waals surface area contributed by atoms with Gasteiger partial charge in [0.2, 0.25) is 0 Å². The minimum Gasteiger partial charge on any atom is -1.00 e. The molecule has 0 bridgehead atoms. The van der Waals surface area contributed by atoms with Crippen molar-refractivity contribution < 1.29 is 40.8 Å². The molecule has 0 aliphatic rings. The van der Waals surface area contributed by atoms with Crippen LogP contribution in [-0.2, 0) is 16.7 Å². The number of unbranched alkanes of at least 4 members (excludes halogenated alkanes) is 1. The Bertz CT molecular complexity index is 874. The summed E-state index contributed by atoms with van der Waals surface area (Å²) >= 11 is 0. The summed E-state index contributed by atoms with van der Waals surface area (Å²) in [6, 6.07) is 16.9. The summed E-state index contributed by atoms with van der Waals surface area (Å²) in [5, 5.41) is 8.84. The highest BCUT2D eigenvalue weighted by Crippen LogP contribution is 2.36. The molecule has 1 N–H and O–H groups in total. The van der Waals surface area contributed by atoms with Crippen LogP contribution in [0.2, 0.25) is 0 Å². The summed E-state index contributed by atoms with van der Waals surface area (Å²) in [6.07, 6.45) is 2.78. The molecule has 6 heteroatoms. The Morgan fingerprint density at radius 1 is 0.730 bits per heavy atom. The molecule has 0 saturated carbocycles. The normalized spacial score (nSPS) is 12.2. The van der Waals surface area contributed by atoms with Gasteiger partial charge in [-0.25, -0.2) is 0 Å². The zero-order chi connectivity index (χ0) is 26.7. The van der Waals surface area contributed by atoms with E-state index in [1.165, 1.54) is 11.1 Å². The van der Waals surface area contributed by atoms with Gasteiger partial charge in [0.05, 0.1) is 33.9 Å². The van der Waals surface area contributed by atoms with Gasteiger partial charge in [0.1, 0.15) is 31.2 Å². The van der Waals surface area contributed by atoms with E-state index in [2.05, 4.69) is 85.1 Å². The van der Waals surface area contributed by atoms with E-state index < -0.39 is 0 Å². The third-order valence-corrected chi connectivity index (χ3v) is 6.30. The van der Waals surface area contributed by atoms with E-state index in [1.54, 1.807) is 0 Å². The number of benzene rings is 2. The molecule has 0 aromatic heterocycles. The van der Waals surface area contributed by atoms with Crippen LogP contribution in [0.5, 0.6) is 11.5 Å². The van der Waals surface area contributed by atoms with Gasteiger partial charge in [-0.15, -0.1) is 0 Å². The maximum Gasteiger partial charge on any atom is 0.119 e. The predicted molar refractivity (Wildman–Crippen MR) is 149 cm³/mol. The second kappa shape index (κ2) is 15.7. The number of aliphatic hydroxyl groups excluding tert-OH is 1. The monoisotopic (exact) mass is 579 g/mol. The molecule has 0 atom stereocenters. The van der Waals surface area contributed by atoms with Crippen LogP contribution in [-0.4, -0.2) is 63.3 Å². The van der Waals surface area contributed by atoms with Crippen LogP contribution in [0, 0.1) is 5.41 Å². The fraction of sp³-hybridized carbons (Fsp3) is 0.613. The van der Waals surface area contributed by atoms with Crippen molar-refractivity contribution in [3.63, 3.8) is 0 Å². The van der Waals surface area contributed by atoms with Gasteiger partial charge in [0.25, 0.3) is 0 Å². The highest BCUT2D eigenvalue weighted by Gasteiger charge is 2.27. The van der Waals surface area contributed by atoms with E-state index in [0.717, 1.165) is 48.3 Å². The third kappa shape index (κ3) is 13.7. The molecule has 5 nitrogen and oxygen atoms in total. The lowest BCUT2D eigenvalue weighted by Gasteiger charge is -2.33. The molecule has 0 aliphatic heterocycles. The first kappa shape index (κ1) is 33.4. The lowest BCUT2D eigenvalue weighted by atomic mass is 9.72. The van der Waals surface area contributed by atoms with Gasteiger partial charge in [-0.2, -0.15) is 0 Å². The number of nitrogens with zero attached hydrogens (tertiary/aromatic N) is 1. The molecule has 2 rings (SSSR count). The van der Waals surface area contributed by atoms with Gasteiger partial charge >= 0.3 is 0 Å². The summed E-state index contributed by atoms with van der Waals surface area (Å²) in [7, 11) is 4.45. The third-order valence-electron chi connectivity index (χ3n) is 6.30. The molecule has 0 fully saturated rings. The van der Waals surface area contributed by atoms with Gasteiger partial charge < -0.3 is 40.8 Å². The molecule has 2 aromatic carbocycles. The Hall–Kier alpha value is -1.60. The quantitative estimate of drug-likeness (QED) is 0.245. The molecule has 0 radical (unpaired) electrons. The van der Waals surface area contributed by atoms with Crippen LogP contribution >= 0.6 is 0 Å². The first-order chi connectivity index (χ1) is 16.9. The summed E-state index contributed by atoms with van der Waals surface area (Å²) < 4.78 is 18.3. The largest absolute Gasteiger partial charge is 1.00 e. The van der Waals surface area contributed by atoms with Gasteiger partial charge in [-0.1, -0.05) is 46.8 Å². The van der Waals surface area contributed by atoms with Crippen LogP contribution < -0.4 is 26.5 Å². The number of hydrogen-bond donors (Lipinski definition) is 1. The Morgan fingerprint density at radius 3 is 1.86 bits per heavy atom. The average Bonchev–Trinajstić information content (AvgIpc) is 2.78. The Kier molecular flexibility index (Phi) is 14.2. The van der Waals surface area contributed by atoms with Crippen LogP contribution in [0.25, 0.3) is 0 Å². The highest BCUT2D eigenvalue weighted by molar-refractivity contribution is 5.32. The zero-order valence-corrected chi connectivity index (χ0v) is 25.8. The van der Waals surface area contributed by atoms with Crippen molar-refractivity contribution in [3.8, 4) is 11.5 Å². The van der Waals surface area contributed by atoms with Crippen molar-refractivity contribution in [2.45, 2.75) is 65.8 Å². The van der Waals surface area contributed by atoms with Crippen LogP contribution in [0.1, 0.15) is 65.0 Å². The Morgan fingerprint density at radius 2 is 1.30 bits per heavy atom. The van der Waals surface area contributed by atoms with Crippen LogP contribution in [0.3, 0.4) is 0 Å². The number of halogens is 1. The SMILES string of the molecule is CC(C)(C)CC(C)(C)c1ccc(OCCOCC[N+](C)(C)Cc2ccc(OCCCCO)cc2)cc1.[Br-]. The average molecular weight is 581 g/mol. The number of aliphatic hydroxyl groups is 1. The van der Waals surface area contributed by atoms with Crippen molar-refractivity contribution in [2.75, 3.05) is 53.7 Å². The van der Waals surface area contributed by atoms with E-state index in [9.17, 15) is 0 Å². The van der Waals surface area contributed by atoms with Gasteiger partial charge in [-0.3, -0.25) is 0 Å². The van der Waals surface area contributed by atoms with Crippen molar-refractivity contribution in [2.24, 2.45) is 5.41 Å². The van der Waals surface area contributed by atoms with E-state index >= 15 is 0 Å². The fourth-order valence-electron chi connectivity index (χ4n) is 4.73. The number of quaternary nitrogens is 1. The molecule has 0 aliphatic carbocycles. The molecular weight excluding hydrogens is 530 g/mol. The highest BCUT2D eigenvalue weighted by atomic mass is 79.9. The Labute approximate surface area is 236 Å². The van der Waals surface area contributed by atoms with E-state index in [4.69, 9.17) is 19.3 Å². The molecule has 0 unspecified atom stereocenters. The lowest BCUT2D eigenvalue weighted by molar-refractivity contribution is -0.904. The van der Waals surface area contributed by atoms with Crippen molar-refractivity contribution in [3.05, 3.63) is 59.7 Å². The molecule has 0 heterocycles. The van der Waals surface area contributed by atoms with Gasteiger partial charge in [0, 0.05) is 12.2 Å². The zero-order valence-electron chi connectivity index (χ0n) is 24.2. The standard InChI is InChI=1S/C31H50NO4.BrH/c1-30(2,3)25-31(4,5)27-12-16-29(17-13-27)36-23-22-34-21-18-32(6,7)24-26-10-14-28(15-11-26)35-20-9-8-19-33;/h10-17,33H,8-9,18-25H2,1-7H3;1H/q+1;/p-1. The predicted octanol–water partition coefficient (Wildman–Crippen LogP) is 3.23. The topological polar surface area (TPSA) is 47.9 Å². The van der Waals surface area contributed by atoms with E-state index in [0.29, 0.717) is 31.8 Å². The smallest absolute Gasteiger partial charge is 0.119 e. The van der Waals surface area contributed by atoms with Crippen molar-refractivity contribution in [1.29, 1.82) is 0 Å². The molecule has 2 aromatic rings. The minimum atomic E-state index is 0. The van der Waals surface area contributed by atoms with Crippen molar-refractivity contribution >= 4 is 0 Å². The first-order valence-electron chi connectivity index (χ1n) is 13.4. The first-order valence-corrected chi connectivity index (χ1v) is 13.4. The second-order valence-corrected chi connectivity index (χ2v) is 12.3. The second-order valence-electron chi connectivity index (χ2n) is 12.3. The molecule has 37 heavy (non-hydrogen) atoms. The Balaban J connectivity index is 0.00000684. The number of ether oxygens (including phenoxy) is 3. The minimum absolute atomic E-state index is 0.